The molecule has 20 heavy (non-hydrogen) atoms. The zero-order valence-corrected chi connectivity index (χ0v) is 13.5. The number of hydrogen-bond donors (Lipinski definition) is 3. The Bertz CT molecular complexity index is 572. The third-order valence-corrected chi connectivity index (χ3v) is 4.97. The molecule has 0 spiro atoms. The standard InChI is InChI=1S/C12H24N4O3S/c1-8-10(11(13)14-16(8)5)20(18,19)15-9(6-7-17)12(2,3)4/h9,15,17H,6-7H2,1-5H3,(H2,13,14). The summed E-state index contributed by atoms with van der Waals surface area (Å²) >= 11 is 0. The Labute approximate surface area is 120 Å². The van der Waals surface area contributed by atoms with Crippen molar-refractivity contribution in [3.05, 3.63) is 5.69 Å². The lowest BCUT2D eigenvalue weighted by molar-refractivity contribution is 0.214. The molecule has 0 aliphatic carbocycles. The first-order chi connectivity index (χ1) is 9.00. The quantitative estimate of drug-likeness (QED) is 0.728. The van der Waals surface area contributed by atoms with E-state index in [9.17, 15) is 8.42 Å². The number of aliphatic hydroxyl groups excluding tert-OH is 1. The largest absolute Gasteiger partial charge is 0.396 e. The smallest absolute Gasteiger partial charge is 0.246 e. The Morgan fingerprint density at radius 2 is 2.00 bits per heavy atom. The van der Waals surface area contributed by atoms with Gasteiger partial charge in [-0.25, -0.2) is 13.1 Å². The molecule has 116 valence electrons. The number of anilines is 1. The van der Waals surface area contributed by atoms with Crippen molar-refractivity contribution in [3.8, 4) is 0 Å². The molecule has 0 aliphatic heterocycles. The van der Waals surface area contributed by atoms with E-state index in [2.05, 4.69) is 9.82 Å². The minimum Gasteiger partial charge on any atom is -0.396 e. The number of nitrogen functional groups attached to an aromatic ring is 1. The summed E-state index contributed by atoms with van der Waals surface area (Å²) in [5.74, 6) is -0.0193. The van der Waals surface area contributed by atoms with Crippen LogP contribution < -0.4 is 10.5 Å². The first-order valence-corrected chi connectivity index (χ1v) is 7.91. The van der Waals surface area contributed by atoms with Crippen molar-refractivity contribution in [1.29, 1.82) is 0 Å². The summed E-state index contributed by atoms with van der Waals surface area (Å²) in [7, 11) is -2.14. The lowest BCUT2D eigenvalue weighted by Gasteiger charge is -2.30. The third kappa shape index (κ3) is 3.50. The minimum absolute atomic E-state index is 0.00666. The molecular weight excluding hydrogens is 280 g/mol. The topological polar surface area (TPSA) is 110 Å². The highest BCUT2D eigenvalue weighted by Gasteiger charge is 2.32. The molecule has 1 aromatic heterocycles. The van der Waals surface area contributed by atoms with Crippen molar-refractivity contribution >= 4 is 15.8 Å². The zero-order valence-electron chi connectivity index (χ0n) is 12.6. The fourth-order valence-corrected chi connectivity index (χ4v) is 3.79. The van der Waals surface area contributed by atoms with Gasteiger partial charge in [-0.05, 0) is 18.8 Å². The number of nitrogens with one attached hydrogen (secondary N) is 1. The predicted molar refractivity (Wildman–Crippen MR) is 77.6 cm³/mol. The normalized spacial score (nSPS) is 14.5. The number of hydrogen-bond acceptors (Lipinski definition) is 5. The summed E-state index contributed by atoms with van der Waals surface area (Å²) < 4.78 is 29.0. The molecule has 1 unspecified atom stereocenters. The minimum atomic E-state index is -3.77. The van der Waals surface area contributed by atoms with Crippen molar-refractivity contribution in [1.82, 2.24) is 14.5 Å². The van der Waals surface area contributed by atoms with E-state index in [1.165, 1.54) is 4.68 Å². The molecule has 0 fully saturated rings. The van der Waals surface area contributed by atoms with E-state index in [0.29, 0.717) is 12.1 Å². The van der Waals surface area contributed by atoms with E-state index < -0.39 is 16.1 Å². The number of rotatable bonds is 5. The fraction of sp³-hybridized carbons (Fsp3) is 0.750. The molecular formula is C12H24N4O3S. The molecule has 1 aromatic rings. The molecule has 1 heterocycles. The molecule has 0 saturated heterocycles. The van der Waals surface area contributed by atoms with Crippen LogP contribution in [-0.2, 0) is 17.1 Å². The van der Waals surface area contributed by atoms with Gasteiger partial charge in [0.15, 0.2) is 5.82 Å². The summed E-state index contributed by atoms with van der Waals surface area (Å²) in [6.07, 6.45) is 0.335. The van der Waals surface area contributed by atoms with Crippen molar-refractivity contribution < 1.29 is 13.5 Å². The molecule has 0 saturated carbocycles. The predicted octanol–water partition coefficient (Wildman–Crippen LogP) is 0.386. The van der Waals surface area contributed by atoms with Gasteiger partial charge in [0, 0.05) is 19.7 Å². The van der Waals surface area contributed by atoms with Gasteiger partial charge in [0.05, 0.1) is 5.69 Å². The summed E-state index contributed by atoms with van der Waals surface area (Å²) in [4.78, 5) is 0.00666. The van der Waals surface area contributed by atoms with Crippen LogP contribution in [0.5, 0.6) is 0 Å². The van der Waals surface area contributed by atoms with Gasteiger partial charge < -0.3 is 10.8 Å². The fourth-order valence-electron chi connectivity index (χ4n) is 1.99. The number of aromatic nitrogens is 2. The Morgan fingerprint density at radius 3 is 2.35 bits per heavy atom. The SMILES string of the molecule is Cc1c(S(=O)(=O)NC(CCO)C(C)(C)C)c(N)nn1C. The highest BCUT2D eigenvalue weighted by Crippen LogP contribution is 2.26. The van der Waals surface area contributed by atoms with E-state index in [-0.39, 0.29) is 22.7 Å². The number of aryl methyl sites for hydroxylation is 1. The number of aliphatic hydroxyl groups is 1. The first kappa shape index (κ1) is 16.9. The van der Waals surface area contributed by atoms with Crippen LogP contribution in [0.4, 0.5) is 5.82 Å². The first-order valence-electron chi connectivity index (χ1n) is 6.43. The van der Waals surface area contributed by atoms with Crippen LogP contribution in [0.25, 0.3) is 0 Å². The molecule has 0 aromatic carbocycles. The summed E-state index contributed by atoms with van der Waals surface area (Å²) in [5.41, 5.74) is 5.85. The highest BCUT2D eigenvalue weighted by atomic mass is 32.2. The second kappa shape index (κ2) is 5.71. The Hall–Kier alpha value is -1.12. The molecule has 1 atom stereocenters. The maximum absolute atomic E-state index is 12.5. The summed E-state index contributed by atoms with van der Waals surface area (Å²) in [5, 5.41) is 13.0. The molecule has 1 rings (SSSR count). The van der Waals surface area contributed by atoms with E-state index in [1.807, 2.05) is 20.8 Å². The number of sulfonamides is 1. The number of nitrogens with zero attached hydrogens (tertiary/aromatic N) is 2. The molecule has 7 nitrogen and oxygen atoms in total. The molecule has 4 N–H and O–H groups in total. The van der Waals surface area contributed by atoms with Gasteiger partial charge in [-0.2, -0.15) is 5.10 Å². The Kier molecular flexibility index (Phi) is 4.83. The van der Waals surface area contributed by atoms with Crippen LogP contribution in [0.3, 0.4) is 0 Å². The van der Waals surface area contributed by atoms with Crippen LogP contribution in [0.1, 0.15) is 32.9 Å². The molecule has 0 bridgehead atoms. The second-order valence-corrected chi connectivity index (χ2v) is 7.63. The molecule has 8 heteroatoms. The second-order valence-electron chi connectivity index (χ2n) is 5.98. The Morgan fingerprint density at radius 1 is 1.45 bits per heavy atom. The van der Waals surface area contributed by atoms with Gasteiger partial charge in [0.1, 0.15) is 4.90 Å². The van der Waals surface area contributed by atoms with Crippen LogP contribution in [0.15, 0.2) is 4.90 Å². The van der Waals surface area contributed by atoms with Crippen molar-refractivity contribution in [3.63, 3.8) is 0 Å². The third-order valence-electron chi connectivity index (χ3n) is 3.33. The molecule has 0 amide bonds. The van der Waals surface area contributed by atoms with E-state index in [4.69, 9.17) is 10.8 Å². The average molecular weight is 304 g/mol. The van der Waals surface area contributed by atoms with Crippen LogP contribution in [0, 0.1) is 12.3 Å². The van der Waals surface area contributed by atoms with E-state index in [1.54, 1.807) is 14.0 Å². The monoisotopic (exact) mass is 304 g/mol. The van der Waals surface area contributed by atoms with Gasteiger partial charge in [-0.1, -0.05) is 20.8 Å². The maximum Gasteiger partial charge on any atom is 0.246 e. The van der Waals surface area contributed by atoms with Crippen molar-refractivity contribution in [2.45, 2.75) is 45.1 Å². The van der Waals surface area contributed by atoms with Gasteiger partial charge in [0.25, 0.3) is 0 Å². The van der Waals surface area contributed by atoms with E-state index in [0.717, 1.165) is 0 Å². The lowest BCUT2D eigenvalue weighted by Crippen LogP contribution is -2.44. The van der Waals surface area contributed by atoms with E-state index >= 15 is 0 Å². The van der Waals surface area contributed by atoms with Crippen molar-refractivity contribution in [2.24, 2.45) is 12.5 Å². The van der Waals surface area contributed by atoms with Gasteiger partial charge >= 0.3 is 0 Å². The lowest BCUT2D eigenvalue weighted by atomic mass is 9.86. The van der Waals surface area contributed by atoms with Crippen LogP contribution >= 0.6 is 0 Å². The Balaban J connectivity index is 3.17. The van der Waals surface area contributed by atoms with Gasteiger partial charge in [-0.3, -0.25) is 4.68 Å². The number of nitrogens with two attached hydrogens (primary N) is 1. The van der Waals surface area contributed by atoms with Gasteiger partial charge in [-0.15, -0.1) is 0 Å². The highest BCUT2D eigenvalue weighted by molar-refractivity contribution is 7.89. The maximum atomic E-state index is 12.5. The molecule has 0 radical (unpaired) electrons. The van der Waals surface area contributed by atoms with Gasteiger partial charge in [0.2, 0.25) is 10.0 Å². The zero-order chi connectivity index (χ0) is 15.7. The molecule has 0 aliphatic rings. The van der Waals surface area contributed by atoms with Crippen LogP contribution in [-0.4, -0.2) is 36.0 Å². The van der Waals surface area contributed by atoms with Crippen molar-refractivity contribution in [2.75, 3.05) is 12.3 Å². The average Bonchev–Trinajstić information content (AvgIpc) is 2.51. The van der Waals surface area contributed by atoms with Crippen LogP contribution in [0.2, 0.25) is 0 Å². The summed E-state index contributed by atoms with van der Waals surface area (Å²) in [6.45, 7) is 7.29. The summed E-state index contributed by atoms with van der Waals surface area (Å²) in [6, 6.07) is -0.392.